The molecule has 0 fully saturated rings. The summed E-state index contributed by atoms with van der Waals surface area (Å²) in [6.07, 6.45) is -0.906. The van der Waals surface area contributed by atoms with E-state index in [1.807, 2.05) is 32.0 Å². The summed E-state index contributed by atoms with van der Waals surface area (Å²) in [4.78, 5) is 15.6. The van der Waals surface area contributed by atoms with E-state index in [2.05, 4.69) is 10.2 Å². The van der Waals surface area contributed by atoms with Gasteiger partial charge in [0.15, 0.2) is 29.1 Å². The number of ether oxygens (including phenoxy) is 5. The van der Waals surface area contributed by atoms with Crippen LogP contribution in [-0.4, -0.2) is 57.9 Å². The maximum atomic E-state index is 13.5. The number of hydrogen-bond acceptors (Lipinski definition) is 7. The Morgan fingerprint density at radius 3 is 1.97 bits per heavy atom. The van der Waals surface area contributed by atoms with Crippen LogP contribution >= 0.6 is 0 Å². The summed E-state index contributed by atoms with van der Waals surface area (Å²) in [7, 11) is 6.25. The summed E-state index contributed by atoms with van der Waals surface area (Å²) in [6, 6.07) is 16.5. The van der Waals surface area contributed by atoms with Gasteiger partial charge in [0, 0.05) is 30.9 Å². The molecule has 0 saturated carbocycles. The molecule has 204 valence electrons. The minimum absolute atomic E-state index is 0.0799. The molecular formula is C29H35FN2O6. The molecular weight excluding hydrogens is 491 g/mol. The molecule has 0 spiro atoms. The molecule has 1 N–H and O–H groups in total. The minimum Gasteiger partial charge on any atom is -0.493 e. The Labute approximate surface area is 223 Å². The van der Waals surface area contributed by atoms with Gasteiger partial charge >= 0.3 is 0 Å². The van der Waals surface area contributed by atoms with Crippen LogP contribution in [0.1, 0.15) is 19.4 Å². The van der Waals surface area contributed by atoms with Crippen LogP contribution in [0.2, 0.25) is 0 Å². The SMILES string of the molecule is COc1ccc(CN(C[C@H](Oc2ccc(F)cc2)C(=O)Nc2ccc(OC)c(OC)c2)C(C)C)cc1OC. The lowest BCUT2D eigenvalue weighted by Crippen LogP contribution is -2.45. The normalized spacial score (nSPS) is 11.7. The van der Waals surface area contributed by atoms with Gasteiger partial charge in [-0.2, -0.15) is 0 Å². The van der Waals surface area contributed by atoms with E-state index in [9.17, 15) is 9.18 Å². The number of hydrogen-bond donors (Lipinski definition) is 1. The van der Waals surface area contributed by atoms with Crippen molar-refractivity contribution in [2.45, 2.75) is 32.5 Å². The molecule has 8 nitrogen and oxygen atoms in total. The lowest BCUT2D eigenvalue weighted by molar-refractivity contribution is -0.123. The topological polar surface area (TPSA) is 78.5 Å². The average molecular weight is 527 g/mol. The fourth-order valence-corrected chi connectivity index (χ4v) is 3.87. The fourth-order valence-electron chi connectivity index (χ4n) is 3.87. The molecule has 3 rings (SSSR count). The van der Waals surface area contributed by atoms with Gasteiger partial charge in [0.25, 0.3) is 5.91 Å². The van der Waals surface area contributed by atoms with Gasteiger partial charge in [-0.3, -0.25) is 9.69 Å². The van der Waals surface area contributed by atoms with Crippen molar-refractivity contribution in [3.8, 4) is 28.7 Å². The highest BCUT2D eigenvalue weighted by atomic mass is 19.1. The van der Waals surface area contributed by atoms with Crippen LogP contribution in [0.5, 0.6) is 28.7 Å². The maximum absolute atomic E-state index is 13.5. The first-order chi connectivity index (χ1) is 18.3. The smallest absolute Gasteiger partial charge is 0.266 e. The Hall–Kier alpha value is -3.98. The summed E-state index contributed by atoms with van der Waals surface area (Å²) in [5.74, 6) is 1.93. The fraction of sp³-hybridized carbons (Fsp3) is 0.345. The second-order valence-electron chi connectivity index (χ2n) is 8.83. The molecule has 0 unspecified atom stereocenters. The molecule has 0 radical (unpaired) electrons. The third-order valence-electron chi connectivity index (χ3n) is 6.00. The molecule has 38 heavy (non-hydrogen) atoms. The Bertz CT molecular complexity index is 1200. The van der Waals surface area contributed by atoms with Crippen molar-refractivity contribution < 1.29 is 32.9 Å². The third kappa shape index (κ3) is 7.52. The number of carbonyl (C=O) groups is 1. The summed E-state index contributed by atoms with van der Waals surface area (Å²) in [5, 5.41) is 2.90. The monoisotopic (exact) mass is 526 g/mol. The van der Waals surface area contributed by atoms with Crippen molar-refractivity contribution >= 4 is 11.6 Å². The third-order valence-corrected chi connectivity index (χ3v) is 6.00. The molecule has 0 bridgehead atoms. The van der Waals surface area contributed by atoms with E-state index in [0.717, 1.165) is 5.56 Å². The van der Waals surface area contributed by atoms with Crippen LogP contribution in [0.4, 0.5) is 10.1 Å². The van der Waals surface area contributed by atoms with Gasteiger partial charge in [0.2, 0.25) is 0 Å². The Kier molecular flexibility index (Phi) is 10.2. The molecule has 1 amide bonds. The molecule has 0 aliphatic heterocycles. The molecule has 0 aliphatic carbocycles. The summed E-state index contributed by atoms with van der Waals surface area (Å²) < 4.78 is 41.0. The molecule has 1 atom stereocenters. The molecule has 3 aromatic carbocycles. The lowest BCUT2D eigenvalue weighted by atomic mass is 10.1. The Morgan fingerprint density at radius 2 is 1.39 bits per heavy atom. The molecule has 3 aromatic rings. The lowest BCUT2D eigenvalue weighted by Gasteiger charge is -2.30. The van der Waals surface area contributed by atoms with Crippen molar-refractivity contribution in [1.82, 2.24) is 4.90 Å². The van der Waals surface area contributed by atoms with Gasteiger partial charge in [0.05, 0.1) is 28.4 Å². The van der Waals surface area contributed by atoms with Gasteiger partial charge in [-0.05, 0) is 67.9 Å². The van der Waals surface area contributed by atoms with Gasteiger partial charge < -0.3 is 29.0 Å². The van der Waals surface area contributed by atoms with Crippen LogP contribution in [-0.2, 0) is 11.3 Å². The van der Waals surface area contributed by atoms with Crippen molar-refractivity contribution in [2.75, 3.05) is 40.3 Å². The number of amides is 1. The van der Waals surface area contributed by atoms with Crippen LogP contribution in [0, 0.1) is 5.82 Å². The number of anilines is 1. The zero-order valence-electron chi connectivity index (χ0n) is 22.6. The van der Waals surface area contributed by atoms with Gasteiger partial charge in [-0.25, -0.2) is 4.39 Å². The number of carbonyl (C=O) groups excluding carboxylic acids is 1. The first kappa shape index (κ1) is 28.6. The van der Waals surface area contributed by atoms with Gasteiger partial charge in [-0.15, -0.1) is 0 Å². The van der Waals surface area contributed by atoms with E-state index in [0.29, 0.717) is 41.0 Å². The maximum Gasteiger partial charge on any atom is 0.266 e. The van der Waals surface area contributed by atoms with E-state index in [4.69, 9.17) is 23.7 Å². The highest BCUT2D eigenvalue weighted by molar-refractivity contribution is 5.95. The molecule has 0 heterocycles. The number of benzene rings is 3. The van der Waals surface area contributed by atoms with E-state index in [-0.39, 0.29) is 24.3 Å². The van der Waals surface area contributed by atoms with Crippen LogP contribution in [0.3, 0.4) is 0 Å². The molecule has 0 aromatic heterocycles. The summed E-state index contributed by atoms with van der Waals surface area (Å²) in [5.41, 5.74) is 1.51. The molecule has 0 aliphatic rings. The highest BCUT2D eigenvalue weighted by Gasteiger charge is 2.26. The van der Waals surface area contributed by atoms with Gasteiger partial charge in [0.1, 0.15) is 11.6 Å². The predicted octanol–water partition coefficient (Wildman–Crippen LogP) is 5.16. The largest absolute Gasteiger partial charge is 0.493 e. The number of nitrogens with zero attached hydrogens (tertiary/aromatic N) is 1. The second kappa shape index (κ2) is 13.5. The number of nitrogens with one attached hydrogen (secondary N) is 1. The zero-order chi connectivity index (χ0) is 27.7. The highest BCUT2D eigenvalue weighted by Crippen LogP contribution is 2.30. The number of methoxy groups -OCH3 is 4. The number of rotatable bonds is 13. The Morgan fingerprint density at radius 1 is 0.816 bits per heavy atom. The van der Waals surface area contributed by atoms with Crippen LogP contribution < -0.4 is 29.0 Å². The quantitative estimate of drug-likeness (QED) is 0.330. The van der Waals surface area contributed by atoms with E-state index >= 15 is 0 Å². The van der Waals surface area contributed by atoms with Crippen LogP contribution in [0.25, 0.3) is 0 Å². The zero-order valence-corrected chi connectivity index (χ0v) is 22.6. The average Bonchev–Trinajstić information content (AvgIpc) is 2.92. The van der Waals surface area contributed by atoms with Crippen molar-refractivity contribution in [3.63, 3.8) is 0 Å². The number of halogens is 1. The van der Waals surface area contributed by atoms with Gasteiger partial charge in [-0.1, -0.05) is 6.07 Å². The van der Waals surface area contributed by atoms with Crippen molar-refractivity contribution in [1.29, 1.82) is 0 Å². The first-order valence-electron chi connectivity index (χ1n) is 12.2. The molecule has 0 saturated heterocycles. The van der Waals surface area contributed by atoms with E-state index in [1.165, 1.54) is 31.4 Å². The first-order valence-corrected chi connectivity index (χ1v) is 12.2. The van der Waals surface area contributed by atoms with Crippen LogP contribution in [0.15, 0.2) is 60.7 Å². The van der Waals surface area contributed by atoms with E-state index in [1.54, 1.807) is 39.5 Å². The van der Waals surface area contributed by atoms with Crippen molar-refractivity contribution in [2.24, 2.45) is 0 Å². The Balaban J connectivity index is 1.86. The molecule has 9 heteroatoms. The van der Waals surface area contributed by atoms with Crippen molar-refractivity contribution in [3.05, 3.63) is 72.0 Å². The minimum atomic E-state index is -0.906. The second-order valence-corrected chi connectivity index (χ2v) is 8.83. The van der Waals surface area contributed by atoms with E-state index < -0.39 is 6.10 Å². The standard InChI is InChI=1S/C29H35FN2O6/c1-19(2)32(17-20-7-13-24(34-3)26(15-20)36-5)18-28(38-23-11-8-21(30)9-12-23)29(33)31-22-10-14-25(35-4)27(16-22)37-6/h7-16,19,28H,17-18H2,1-6H3,(H,31,33)/t28-/m0/s1. The summed E-state index contributed by atoms with van der Waals surface area (Å²) in [6.45, 7) is 4.89. The summed E-state index contributed by atoms with van der Waals surface area (Å²) >= 11 is 0. The predicted molar refractivity (Wildman–Crippen MR) is 144 cm³/mol.